The summed E-state index contributed by atoms with van der Waals surface area (Å²) in [5.74, 6) is 0.361. The Hall–Kier alpha value is -2.85. The molecule has 0 spiro atoms. The number of hydrogen-bond acceptors (Lipinski definition) is 5. The van der Waals surface area contributed by atoms with Crippen molar-refractivity contribution in [3.8, 4) is 0 Å². The van der Waals surface area contributed by atoms with Crippen molar-refractivity contribution in [3.63, 3.8) is 0 Å². The fourth-order valence-electron chi connectivity index (χ4n) is 4.65. The highest BCUT2D eigenvalue weighted by Gasteiger charge is 2.33. The van der Waals surface area contributed by atoms with Gasteiger partial charge in [0, 0.05) is 43.3 Å². The molecule has 2 heterocycles. The Balaban J connectivity index is 1.22. The van der Waals surface area contributed by atoms with E-state index < -0.39 is 10.0 Å². The smallest absolute Gasteiger partial charge is 0.253 e. The number of halogens is 1. The summed E-state index contributed by atoms with van der Waals surface area (Å²) in [7, 11) is -3.59. The van der Waals surface area contributed by atoms with Gasteiger partial charge in [0.2, 0.25) is 15.9 Å². The third-order valence-corrected chi connectivity index (χ3v) is 10.3. The maximum Gasteiger partial charge on any atom is 0.253 e. The molecule has 1 atom stereocenters. The number of nitrogens with zero attached hydrogens (tertiary/aromatic N) is 3. The van der Waals surface area contributed by atoms with Crippen molar-refractivity contribution in [2.24, 2.45) is 0 Å². The van der Waals surface area contributed by atoms with Crippen LogP contribution in [0.2, 0.25) is 5.02 Å². The van der Waals surface area contributed by atoms with E-state index in [1.807, 2.05) is 48.2 Å². The van der Waals surface area contributed by atoms with E-state index >= 15 is 0 Å². The SMILES string of the molecule is Cc1ccc(S(=O)(=O)N2CCN(C(=O)c3ccc([C@@H]4SCC(=O)N4Cc4ccc(Cl)cc4)cc3)CC2)cc1. The number of rotatable bonds is 6. The number of amides is 2. The van der Waals surface area contributed by atoms with E-state index in [-0.39, 0.29) is 35.2 Å². The molecule has 5 rings (SSSR count). The van der Waals surface area contributed by atoms with Gasteiger partial charge in [0.25, 0.3) is 5.91 Å². The topological polar surface area (TPSA) is 78.0 Å². The maximum atomic E-state index is 13.2. The Labute approximate surface area is 232 Å². The summed E-state index contributed by atoms with van der Waals surface area (Å²) >= 11 is 7.56. The van der Waals surface area contributed by atoms with Crippen LogP contribution in [0.25, 0.3) is 0 Å². The van der Waals surface area contributed by atoms with Crippen molar-refractivity contribution < 1.29 is 18.0 Å². The second-order valence-corrected chi connectivity index (χ2v) is 12.9. The van der Waals surface area contributed by atoms with Gasteiger partial charge >= 0.3 is 0 Å². The highest BCUT2D eigenvalue weighted by Crippen LogP contribution is 2.39. The first-order chi connectivity index (χ1) is 18.2. The molecule has 2 amide bonds. The molecule has 0 aromatic heterocycles. The average Bonchev–Trinajstić information content (AvgIpc) is 3.29. The highest BCUT2D eigenvalue weighted by molar-refractivity contribution is 8.00. The van der Waals surface area contributed by atoms with Crippen LogP contribution in [0.4, 0.5) is 0 Å². The van der Waals surface area contributed by atoms with Crippen LogP contribution in [0, 0.1) is 6.92 Å². The van der Waals surface area contributed by atoms with E-state index in [0.717, 1.165) is 16.7 Å². The molecular formula is C28H28ClN3O4S2. The van der Waals surface area contributed by atoms with Crippen LogP contribution >= 0.6 is 23.4 Å². The number of sulfonamides is 1. The largest absolute Gasteiger partial charge is 0.336 e. The molecule has 0 aliphatic carbocycles. The van der Waals surface area contributed by atoms with Crippen LogP contribution in [-0.2, 0) is 21.4 Å². The molecule has 7 nitrogen and oxygen atoms in total. The molecule has 0 N–H and O–H groups in total. The minimum absolute atomic E-state index is 0.0774. The van der Waals surface area contributed by atoms with E-state index in [4.69, 9.17) is 11.6 Å². The zero-order valence-corrected chi connectivity index (χ0v) is 23.3. The molecule has 38 heavy (non-hydrogen) atoms. The predicted octanol–water partition coefficient (Wildman–Crippen LogP) is 4.57. The molecule has 2 aliphatic heterocycles. The Morgan fingerprint density at radius 3 is 2.18 bits per heavy atom. The average molecular weight is 570 g/mol. The predicted molar refractivity (Wildman–Crippen MR) is 149 cm³/mol. The van der Waals surface area contributed by atoms with E-state index in [1.165, 1.54) is 4.31 Å². The summed E-state index contributed by atoms with van der Waals surface area (Å²) in [6.07, 6.45) is 0. The highest BCUT2D eigenvalue weighted by atomic mass is 35.5. The molecule has 10 heteroatoms. The van der Waals surface area contributed by atoms with Gasteiger partial charge < -0.3 is 9.80 Å². The summed E-state index contributed by atoms with van der Waals surface area (Å²) in [5.41, 5.74) is 3.51. The zero-order chi connectivity index (χ0) is 26.9. The normalized spacial score (nSPS) is 18.7. The van der Waals surface area contributed by atoms with Gasteiger partial charge in [-0.3, -0.25) is 9.59 Å². The van der Waals surface area contributed by atoms with Crippen molar-refractivity contribution >= 4 is 45.2 Å². The lowest BCUT2D eigenvalue weighted by Gasteiger charge is -2.34. The molecule has 3 aromatic rings. The summed E-state index contributed by atoms with van der Waals surface area (Å²) < 4.78 is 27.4. The summed E-state index contributed by atoms with van der Waals surface area (Å²) in [6, 6.07) is 21.7. The minimum atomic E-state index is -3.59. The minimum Gasteiger partial charge on any atom is -0.336 e. The van der Waals surface area contributed by atoms with E-state index in [2.05, 4.69) is 0 Å². The third kappa shape index (κ3) is 5.61. The van der Waals surface area contributed by atoms with Crippen molar-refractivity contribution in [1.29, 1.82) is 0 Å². The van der Waals surface area contributed by atoms with Crippen molar-refractivity contribution in [3.05, 3.63) is 100 Å². The van der Waals surface area contributed by atoms with Crippen LogP contribution in [-0.4, -0.2) is 66.3 Å². The first kappa shape index (κ1) is 26.7. The monoisotopic (exact) mass is 569 g/mol. The summed E-state index contributed by atoms with van der Waals surface area (Å²) in [5, 5.41) is 0.528. The van der Waals surface area contributed by atoms with Crippen LogP contribution in [0.15, 0.2) is 77.7 Å². The first-order valence-corrected chi connectivity index (χ1v) is 15.2. The molecule has 2 aliphatic rings. The lowest BCUT2D eigenvalue weighted by atomic mass is 10.1. The van der Waals surface area contributed by atoms with Gasteiger partial charge in [0.05, 0.1) is 10.6 Å². The summed E-state index contributed by atoms with van der Waals surface area (Å²) in [6.45, 7) is 3.56. The first-order valence-electron chi connectivity index (χ1n) is 12.3. The Kier molecular flexibility index (Phi) is 7.81. The zero-order valence-electron chi connectivity index (χ0n) is 20.9. The molecule has 2 fully saturated rings. The van der Waals surface area contributed by atoms with Crippen molar-refractivity contribution in [2.45, 2.75) is 23.7 Å². The van der Waals surface area contributed by atoms with Crippen LogP contribution < -0.4 is 0 Å². The second kappa shape index (κ2) is 11.1. The number of benzene rings is 3. The number of aryl methyl sites for hydroxylation is 1. The fraction of sp³-hybridized carbons (Fsp3) is 0.286. The van der Waals surface area contributed by atoms with Gasteiger partial charge in [-0.2, -0.15) is 4.31 Å². The molecule has 0 bridgehead atoms. The second-order valence-electron chi connectivity index (χ2n) is 9.44. The van der Waals surface area contributed by atoms with Gasteiger partial charge in [0.15, 0.2) is 0 Å². The molecule has 0 unspecified atom stereocenters. The summed E-state index contributed by atoms with van der Waals surface area (Å²) in [4.78, 5) is 29.6. The lowest BCUT2D eigenvalue weighted by Crippen LogP contribution is -2.50. The quantitative estimate of drug-likeness (QED) is 0.435. The number of piperazine rings is 1. The van der Waals surface area contributed by atoms with Crippen LogP contribution in [0.1, 0.15) is 32.4 Å². The van der Waals surface area contributed by atoms with Crippen LogP contribution in [0.3, 0.4) is 0 Å². The molecule has 0 saturated carbocycles. The van der Waals surface area contributed by atoms with E-state index in [1.54, 1.807) is 53.1 Å². The standard InChI is InChI=1S/C28H28ClN3O4S2/c1-20-2-12-25(13-3-20)38(35,36)31-16-14-30(15-17-31)27(34)22-6-8-23(9-7-22)28-32(26(33)19-37-28)18-21-4-10-24(29)11-5-21/h2-13,28H,14-19H2,1H3/t28-/m0/s1. The van der Waals surface area contributed by atoms with Gasteiger partial charge in [-0.1, -0.05) is 53.6 Å². The Morgan fingerprint density at radius 2 is 1.55 bits per heavy atom. The molecule has 2 saturated heterocycles. The van der Waals surface area contributed by atoms with Gasteiger partial charge in [-0.15, -0.1) is 11.8 Å². The third-order valence-electron chi connectivity index (χ3n) is 6.86. The van der Waals surface area contributed by atoms with Gasteiger partial charge in [-0.05, 0) is 54.4 Å². The van der Waals surface area contributed by atoms with E-state index in [9.17, 15) is 18.0 Å². The number of hydrogen-bond donors (Lipinski definition) is 0. The van der Waals surface area contributed by atoms with Gasteiger partial charge in [-0.25, -0.2) is 8.42 Å². The van der Waals surface area contributed by atoms with Crippen molar-refractivity contribution in [2.75, 3.05) is 31.9 Å². The van der Waals surface area contributed by atoms with Gasteiger partial charge in [0.1, 0.15) is 5.37 Å². The molecule has 198 valence electrons. The Bertz CT molecular complexity index is 1420. The van der Waals surface area contributed by atoms with Crippen molar-refractivity contribution in [1.82, 2.24) is 14.1 Å². The number of carbonyl (C=O) groups is 2. The maximum absolute atomic E-state index is 13.2. The van der Waals surface area contributed by atoms with E-state index in [0.29, 0.717) is 36.0 Å². The van der Waals surface area contributed by atoms with Crippen LogP contribution in [0.5, 0.6) is 0 Å². The lowest BCUT2D eigenvalue weighted by molar-refractivity contribution is -0.128. The number of thioether (sulfide) groups is 1. The number of carbonyl (C=O) groups excluding carboxylic acids is 2. The fourth-order valence-corrected chi connectivity index (χ4v) is 7.39. The molecule has 0 radical (unpaired) electrons. The molecular weight excluding hydrogens is 542 g/mol. The molecule has 3 aromatic carbocycles. The Morgan fingerprint density at radius 1 is 0.921 bits per heavy atom.